The third-order valence-corrected chi connectivity index (χ3v) is 1.15. The molecule has 0 spiro atoms. The van der Waals surface area contributed by atoms with Gasteiger partial charge in [-0.3, -0.25) is 0 Å². The van der Waals surface area contributed by atoms with Gasteiger partial charge in [0.1, 0.15) is 0 Å². The van der Waals surface area contributed by atoms with Crippen molar-refractivity contribution < 1.29 is 0 Å². The second-order valence-electron chi connectivity index (χ2n) is 0.805. The van der Waals surface area contributed by atoms with Crippen LogP contribution in [0, 0.1) is 0 Å². The second kappa shape index (κ2) is 4.56. The van der Waals surface area contributed by atoms with Crippen LogP contribution in [0.25, 0.3) is 0 Å². The van der Waals surface area contributed by atoms with Gasteiger partial charge in [-0.1, -0.05) is 0 Å². The molecule has 0 aromatic rings. The van der Waals surface area contributed by atoms with Crippen molar-refractivity contribution in [3.63, 3.8) is 0 Å². The van der Waals surface area contributed by atoms with Crippen LogP contribution in [0.1, 0.15) is 6.92 Å². The monoisotopic (exact) mass is 178 g/mol. The van der Waals surface area contributed by atoms with Gasteiger partial charge in [0.05, 0.1) is 0 Å². The number of hydrogen-bond donors (Lipinski definition) is 0. The molecule has 0 fully saturated rings. The molecule has 0 amide bonds. The van der Waals surface area contributed by atoms with Gasteiger partial charge >= 0.3 is 46.5 Å². The van der Waals surface area contributed by atoms with E-state index in [9.17, 15) is 0 Å². The molecule has 0 aromatic carbocycles. The SMILES string of the molecule is CC=C[CH2][SbH2]. The van der Waals surface area contributed by atoms with Gasteiger partial charge in [0.25, 0.3) is 0 Å². The van der Waals surface area contributed by atoms with Crippen molar-refractivity contribution in [1.29, 1.82) is 0 Å². The minimum absolute atomic E-state index is 1.29. The number of rotatable bonds is 1. The van der Waals surface area contributed by atoms with E-state index in [-0.39, 0.29) is 0 Å². The van der Waals surface area contributed by atoms with Crippen LogP contribution in [-0.2, 0) is 0 Å². The molecule has 0 rings (SSSR count). The van der Waals surface area contributed by atoms with Crippen molar-refractivity contribution in [1.82, 2.24) is 0 Å². The van der Waals surface area contributed by atoms with E-state index >= 15 is 0 Å². The molecule has 0 unspecified atom stereocenters. The van der Waals surface area contributed by atoms with E-state index in [2.05, 4.69) is 19.1 Å². The van der Waals surface area contributed by atoms with Crippen molar-refractivity contribution >= 4 is 23.0 Å². The van der Waals surface area contributed by atoms with Crippen LogP contribution >= 0.6 is 0 Å². The molecule has 0 aliphatic rings. The molecule has 0 aliphatic heterocycles. The first-order chi connectivity index (χ1) is 2.41. The first kappa shape index (κ1) is 5.56. The van der Waals surface area contributed by atoms with Crippen LogP contribution in [0.2, 0.25) is 4.37 Å². The zero-order valence-electron chi connectivity index (χ0n) is 3.44. The molecule has 30 valence electrons. The fourth-order valence-corrected chi connectivity index (χ4v) is 0.913. The Balaban J connectivity index is 2.62. The molecule has 0 aromatic heterocycles. The second-order valence-corrected chi connectivity index (χ2v) is 2.15. The van der Waals surface area contributed by atoms with Crippen molar-refractivity contribution in [2.24, 2.45) is 0 Å². The zero-order valence-corrected chi connectivity index (χ0v) is 6.73. The molecule has 0 saturated heterocycles. The van der Waals surface area contributed by atoms with Crippen molar-refractivity contribution in [3.05, 3.63) is 12.2 Å². The van der Waals surface area contributed by atoms with Crippen LogP contribution in [0.4, 0.5) is 0 Å². The van der Waals surface area contributed by atoms with Crippen LogP contribution < -0.4 is 0 Å². The summed E-state index contributed by atoms with van der Waals surface area (Å²) in [5.74, 6) is 0. The van der Waals surface area contributed by atoms with E-state index in [4.69, 9.17) is 0 Å². The average Bonchev–Trinajstić information content (AvgIpc) is 1.41. The zero-order chi connectivity index (χ0) is 4.12. The molecule has 0 aliphatic carbocycles. The standard InChI is InChI=1S/C4H7.Sb.2H/c1-3-4-2;;;/h3-4H,1H2,2H3;;;. The molecule has 0 nitrogen and oxygen atoms in total. The maximum atomic E-state index is 2.18. The third kappa shape index (κ3) is 4.56. The number of hydrogen-bond acceptors (Lipinski definition) is 0. The summed E-state index contributed by atoms with van der Waals surface area (Å²) in [6, 6.07) is 0. The minimum atomic E-state index is 1.29. The first-order valence-corrected chi connectivity index (χ1v) is 4.06. The molecule has 5 heavy (non-hydrogen) atoms. The van der Waals surface area contributed by atoms with Crippen molar-refractivity contribution in [2.75, 3.05) is 0 Å². The summed E-state index contributed by atoms with van der Waals surface area (Å²) >= 11 is 1.36. The predicted octanol–water partition coefficient (Wildman–Crippen LogP) is 0.614. The summed E-state index contributed by atoms with van der Waals surface area (Å²) in [5.41, 5.74) is 0. The van der Waals surface area contributed by atoms with Crippen LogP contribution in [0.5, 0.6) is 0 Å². The van der Waals surface area contributed by atoms with Crippen LogP contribution in [0.15, 0.2) is 12.2 Å². The fraction of sp³-hybridized carbons (Fsp3) is 0.500. The Morgan fingerprint density at radius 1 is 1.80 bits per heavy atom. The quantitative estimate of drug-likeness (QED) is 0.408. The van der Waals surface area contributed by atoms with Gasteiger partial charge in [-0.15, -0.1) is 0 Å². The van der Waals surface area contributed by atoms with Gasteiger partial charge in [-0.25, -0.2) is 0 Å². The predicted molar refractivity (Wildman–Crippen MR) is 28.2 cm³/mol. The van der Waals surface area contributed by atoms with Crippen LogP contribution in [-0.4, -0.2) is 23.0 Å². The van der Waals surface area contributed by atoms with Gasteiger partial charge < -0.3 is 0 Å². The molecule has 0 saturated carbocycles. The van der Waals surface area contributed by atoms with Gasteiger partial charge in [-0.05, 0) is 0 Å². The summed E-state index contributed by atoms with van der Waals surface area (Å²) in [5, 5.41) is 0. The molecular formula is C4H9Sb. The van der Waals surface area contributed by atoms with E-state index in [1.165, 1.54) is 27.4 Å². The third-order valence-electron chi connectivity index (χ3n) is 0.372. The van der Waals surface area contributed by atoms with E-state index < -0.39 is 0 Å². The van der Waals surface area contributed by atoms with E-state index in [1.54, 1.807) is 0 Å². The molecule has 0 bridgehead atoms. The Hall–Kier alpha value is 0.558. The molecule has 1 heteroatoms. The van der Waals surface area contributed by atoms with E-state index in [1.807, 2.05) is 0 Å². The van der Waals surface area contributed by atoms with Gasteiger partial charge in [0.2, 0.25) is 0 Å². The summed E-state index contributed by atoms with van der Waals surface area (Å²) in [6.45, 7) is 2.05. The van der Waals surface area contributed by atoms with Gasteiger partial charge in [-0.2, -0.15) is 0 Å². The Labute approximate surface area is 46.8 Å². The molecule has 0 radical (unpaired) electrons. The fourth-order valence-electron chi connectivity index (χ4n) is 0.136. The summed E-state index contributed by atoms with van der Waals surface area (Å²) in [4.78, 5) is 0. The van der Waals surface area contributed by atoms with E-state index in [0.717, 1.165) is 0 Å². The Morgan fingerprint density at radius 2 is 2.40 bits per heavy atom. The summed E-state index contributed by atoms with van der Waals surface area (Å²) in [6.07, 6.45) is 4.27. The molecule has 0 N–H and O–H groups in total. The summed E-state index contributed by atoms with van der Waals surface area (Å²) in [7, 11) is 0. The Bertz CT molecular complexity index is 30.6. The molecular weight excluding hydrogens is 170 g/mol. The topological polar surface area (TPSA) is 0 Å². The molecule has 0 atom stereocenters. The Morgan fingerprint density at radius 3 is 2.40 bits per heavy atom. The van der Waals surface area contributed by atoms with E-state index in [0.29, 0.717) is 0 Å². The Kier molecular flexibility index (Phi) is 5.07. The van der Waals surface area contributed by atoms with Gasteiger partial charge in [0, 0.05) is 0 Å². The van der Waals surface area contributed by atoms with Crippen molar-refractivity contribution in [3.8, 4) is 0 Å². The number of allylic oxidation sites excluding steroid dienone is 2. The summed E-state index contributed by atoms with van der Waals surface area (Å²) < 4.78 is 1.29. The average molecular weight is 179 g/mol. The first-order valence-electron chi connectivity index (χ1n) is 1.73. The van der Waals surface area contributed by atoms with Gasteiger partial charge in [0.15, 0.2) is 0 Å². The molecule has 0 heterocycles. The maximum absolute atomic E-state index is 2.18. The van der Waals surface area contributed by atoms with Crippen LogP contribution in [0.3, 0.4) is 0 Å². The van der Waals surface area contributed by atoms with Crippen molar-refractivity contribution in [2.45, 2.75) is 11.3 Å². The normalized spacial score (nSPS) is 10.0.